The SMILES string of the molecule is Cc1ncc(/C=C/C(=O)NC(CCO)c2ccccc2)s1. The van der Waals surface area contributed by atoms with E-state index in [4.69, 9.17) is 5.11 Å². The smallest absolute Gasteiger partial charge is 0.244 e. The van der Waals surface area contributed by atoms with E-state index in [0.717, 1.165) is 15.4 Å². The van der Waals surface area contributed by atoms with Gasteiger partial charge in [-0.15, -0.1) is 11.3 Å². The van der Waals surface area contributed by atoms with Crippen molar-refractivity contribution in [2.24, 2.45) is 0 Å². The minimum Gasteiger partial charge on any atom is -0.396 e. The van der Waals surface area contributed by atoms with E-state index in [1.165, 1.54) is 17.4 Å². The Labute approximate surface area is 128 Å². The molecule has 1 aromatic heterocycles. The van der Waals surface area contributed by atoms with Gasteiger partial charge in [0.1, 0.15) is 0 Å². The van der Waals surface area contributed by atoms with E-state index in [2.05, 4.69) is 10.3 Å². The van der Waals surface area contributed by atoms with Gasteiger partial charge in [-0.2, -0.15) is 0 Å². The number of hydrogen-bond donors (Lipinski definition) is 2. The fourth-order valence-corrected chi connectivity index (χ4v) is 2.66. The summed E-state index contributed by atoms with van der Waals surface area (Å²) in [6, 6.07) is 9.46. The van der Waals surface area contributed by atoms with Crippen LogP contribution >= 0.6 is 11.3 Å². The molecular formula is C16H18N2O2S. The fraction of sp³-hybridized carbons (Fsp3) is 0.250. The number of aryl methyl sites for hydroxylation is 1. The zero-order valence-electron chi connectivity index (χ0n) is 11.8. The molecule has 0 spiro atoms. The van der Waals surface area contributed by atoms with Crippen molar-refractivity contribution in [1.82, 2.24) is 10.3 Å². The standard InChI is InChI=1S/C16H18N2O2S/c1-12-17-11-14(21-12)7-8-16(20)18-15(9-10-19)13-5-3-2-4-6-13/h2-8,11,15,19H,9-10H2,1H3,(H,18,20)/b8-7+. The highest BCUT2D eigenvalue weighted by Gasteiger charge is 2.12. The Morgan fingerprint density at radius 1 is 1.43 bits per heavy atom. The van der Waals surface area contributed by atoms with Crippen molar-refractivity contribution >= 4 is 23.3 Å². The van der Waals surface area contributed by atoms with Crippen LogP contribution < -0.4 is 5.32 Å². The average molecular weight is 302 g/mol. The quantitative estimate of drug-likeness (QED) is 0.807. The van der Waals surface area contributed by atoms with Gasteiger partial charge >= 0.3 is 0 Å². The van der Waals surface area contributed by atoms with Gasteiger partial charge in [0.25, 0.3) is 0 Å². The summed E-state index contributed by atoms with van der Waals surface area (Å²) in [6.45, 7) is 1.95. The van der Waals surface area contributed by atoms with E-state index in [1.807, 2.05) is 37.3 Å². The summed E-state index contributed by atoms with van der Waals surface area (Å²) >= 11 is 1.54. The molecule has 2 rings (SSSR count). The number of aliphatic hydroxyl groups is 1. The molecule has 1 aromatic carbocycles. The van der Waals surface area contributed by atoms with E-state index in [-0.39, 0.29) is 18.6 Å². The lowest BCUT2D eigenvalue weighted by molar-refractivity contribution is -0.117. The van der Waals surface area contributed by atoms with Crippen LogP contribution in [0, 0.1) is 6.92 Å². The number of rotatable bonds is 6. The predicted molar refractivity (Wildman–Crippen MR) is 84.9 cm³/mol. The highest BCUT2D eigenvalue weighted by atomic mass is 32.1. The molecule has 1 atom stereocenters. The fourth-order valence-electron chi connectivity index (χ4n) is 1.97. The Morgan fingerprint density at radius 3 is 2.81 bits per heavy atom. The lowest BCUT2D eigenvalue weighted by Gasteiger charge is -2.17. The van der Waals surface area contributed by atoms with Crippen LogP contribution in [0.25, 0.3) is 6.08 Å². The lowest BCUT2D eigenvalue weighted by Crippen LogP contribution is -2.27. The van der Waals surface area contributed by atoms with Crippen LogP contribution in [-0.2, 0) is 4.79 Å². The second-order valence-electron chi connectivity index (χ2n) is 4.60. The van der Waals surface area contributed by atoms with E-state index < -0.39 is 0 Å². The van der Waals surface area contributed by atoms with E-state index >= 15 is 0 Å². The minimum atomic E-state index is -0.184. The third-order valence-electron chi connectivity index (χ3n) is 2.97. The molecule has 2 aromatic rings. The third kappa shape index (κ3) is 4.81. The Hall–Kier alpha value is -1.98. The summed E-state index contributed by atoms with van der Waals surface area (Å²) in [5.41, 5.74) is 0.988. The number of benzene rings is 1. The molecule has 0 bridgehead atoms. The summed E-state index contributed by atoms with van der Waals surface area (Å²) in [6.07, 6.45) is 5.48. The molecule has 1 amide bonds. The summed E-state index contributed by atoms with van der Waals surface area (Å²) in [5.74, 6) is -0.177. The van der Waals surface area contributed by atoms with Gasteiger partial charge in [0.2, 0.25) is 5.91 Å². The van der Waals surface area contributed by atoms with E-state index in [1.54, 1.807) is 12.3 Å². The molecule has 0 aliphatic heterocycles. The predicted octanol–water partition coefficient (Wildman–Crippen LogP) is 2.70. The van der Waals surface area contributed by atoms with Crippen LogP contribution in [0.15, 0.2) is 42.6 Å². The first-order valence-electron chi connectivity index (χ1n) is 6.76. The number of carbonyl (C=O) groups excluding carboxylic acids is 1. The van der Waals surface area contributed by atoms with E-state index in [9.17, 15) is 4.79 Å². The number of nitrogens with zero attached hydrogens (tertiary/aromatic N) is 1. The Bertz CT molecular complexity index is 608. The van der Waals surface area contributed by atoms with Gasteiger partial charge in [0.05, 0.1) is 11.0 Å². The molecule has 0 saturated heterocycles. The number of aromatic nitrogens is 1. The van der Waals surface area contributed by atoms with E-state index in [0.29, 0.717) is 6.42 Å². The maximum absolute atomic E-state index is 12.0. The van der Waals surface area contributed by atoms with Gasteiger partial charge in [0.15, 0.2) is 0 Å². The van der Waals surface area contributed by atoms with Crippen molar-refractivity contribution in [1.29, 1.82) is 0 Å². The molecule has 0 fully saturated rings. The first-order valence-corrected chi connectivity index (χ1v) is 7.57. The molecule has 0 saturated carbocycles. The highest BCUT2D eigenvalue weighted by Crippen LogP contribution is 2.16. The molecular weight excluding hydrogens is 284 g/mol. The number of nitrogens with one attached hydrogen (secondary N) is 1. The monoisotopic (exact) mass is 302 g/mol. The molecule has 0 aliphatic carbocycles. The number of carbonyl (C=O) groups is 1. The number of thiazole rings is 1. The molecule has 4 nitrogen and oxygen atoms in total. The molecule has 110 valence electrons. The topological polar surface area (TPSA) is 62.2 Å². The molecule has 2 N–H and O–H groups in total. The molecule has 1 heterocycles. The van der Waals surface area contributed by atoms with Crippen molar-refractivity contribution in [3.63, 3.8) is 0 Å². The van der Waals surface area contributed by atoms with Crippen molar-refractivity contribution in [2.75, 3.05) is 6.61 Å². The van der Waals surface area contributed by atoms with Gasteiger partial charge in [-0.05, 0) is 25.0 Å². The van der Waals surface area contributed by atoms with Gasteiger partial charge in [0, 0.05) is 23.8 Å². The number of amides is 1. The second-order valence-corrected chi connectivity index (χ2v) is 5.87. The first-order chi connectivity index (χ1) is 10.2. The van der Waals surface area contributed by atoms with Crippen LogP contribution in [0.5, 0.6) is 0 Å². The van der Waals surface area contributed by atoms with Crippen LogP contribution in [0.2, 0.25) is 0 Å². The van der Waals surface area contributed by atoms with Crippen LogP contribution in [-0.4, -0.2) is 22.6 Å². The first kappa shape index (κ1) is 15.4. The average Bonchev–Trinajstić information content (AvgIpc) is 2.91. The van der Waals surface area contributed by atoms with Crippen LogP contribution in [0.3, 0.4) is 0 Å². The molecule has 0 aliphatic rings. The van der Waals surface area contributed by atoms with Crippen molar-refractivity contribution < 1.29 is 9.90 Å². The normalized spacial score (nSPS) is 12.5. The zero-order chi connectivity index (χ0) is 15.1. The molecule has 21 heavy (non-hydrogen) atoms. The van der Waals surface area contributed by atoms with Crippen molar-refractivity contribution in [3.05, 3.63) is 58.1 Å². The Balaban J connectivity index is 2.00. The maximum atomic E-state index is 12.0. The summed E-state index contributed by atoms with van der Waals surface area (Å²) in [5, 5.41) is 13.0. The third-order valence-corrected chi connectivity index (χ3v) is 3.85. The van der Waals surface area contributed by atoms with Gasteiger partial charge < -0.3 is 10.4 Å². The van der Waals surface area contributed by atoms with Crippen molar-refractivity contribution in [3.8, 4) is 0 Å². The van der Waals surface area contributed by atoms with Gasteiger partial charge in [-0.3, -0.25) is 4.79 Å². The summed E-state index contributed by atoms with van der Waals surface area (Å²) in [7, 11) is 0. The Morgan fingerprint density at radius 2 is 2.19 bits per heavy atom. The van der Waals surface area contributed by atoms with Gasteiger partial charge in [-0.25, -0.2) is 4.98 Å². The molecule has 5 heteroatoms. The molecule has 0 radical (unpaired) electrons. The highest BCUT2D eigenvalue weighted by molar-refractivity contribution is 7.12. The number of hydrogen-bond acceptors (Lipinski definition) is 4. The van der Waals surface area contributed by atoms with Gasteiger partial charge in [-0.1, -0.05) is 30.3 Å². The zero-order valence-corrected chi connectivity index (χ0v) is 12.6. The summed E-state index contributed by atoms with van der Waals surface area (Å²) in [4.78, 5) is 17.1. The largest absolute Gasteiger partial charge is 0.396 e. The summed E-state index contributed by atoms with van der Waals surface area (Å²) < 4.78 is 0. The maximum Gasteiger partial charge on any atom is 0.244 e. The Kier molecular flexibility index (Phi) is 5.66. The second kappa shape index (κ2) is 7.71. The van der Waals surface area contributed by atoms with Crippen LogP contribution in [0.1, 0.15) is 27.9 Å². The minimum absolute atomic E-state index is 0.0254. The molecule has 1 unspecified atom stereocenters. The number of aliphatic hydroxyl groups excluding tert-OH is 1. The van der Waals surface area contributed by atoms with Crippen LogP contribution in [0.4, 0.5) is 0 Å². The van der Waals surface area contributed by atoms with Crippen molar-refractivity contribution in [2.45, 2.75) is 19.4 Å². The lowest BCUT2D eigenvalue weighted by atomic mass is 10.0.